The quantitative estimate of drug-likeness (QED) is 0.0922. The molecule has 1 fully saturated rings. The maximum absolute atomic E-state index is 11.6. The van der Waals surface area contributed by atoms with Crippen LogP contribution >= 0.6 is 27.5 Å². The number of halogens is 2. The number of benzene rings is 6. The molecule has 58 heavy (non-hydrogen) atoms. The Kier molecular flexibility index (Phi) is 15.0. The minimum atomic E-state index is -0.747. The maximum Gasteiger partial charge on any atom is 0.149 e. The van der Waals surface area contributed by atoms with Gasteiger partial charge < -0.3 is 33.5 Å². The van der Waals surface area contributed by atoms with Gasteiger partial charge in [0.15, 0.2) is 0 Å². The highest BCUT2D eigenvalue weighted by molar-refractivity contribution is 9.10. The SMILES string of the molecule is CCOc1ccc(Cc2cc([C@@H]3O[C@H](COCc4ccccc4)[C@@H](OCc4ccccc4)[C@H](OCc4ccccc4)[C@H]3OCc3ccccc3)c(Br)c(O)c2Cl)cc1. The summed E-state index contributed by atoms with van der Waals surface area (Å²) in [4.78, 5) is 0. The first kappa shape index (κ1) is 41.6. The molecule has 7 nitrogen and oxygen atoms in total. The fourth-order valence-corrected chi connectivity index (χ4v) is 8.03. The van der Waals surface area contributed by atoms with E-state index in [9.17, 15) is 5.11 Å². The molecule has 0 radical (unpaired) electrons. The molecule has 6 aromatic carbocycles. The van der Waals surface area contributed by atoms with Crippen molar-refractivity contribution in [2.24, 2.45) is 0 Å². The molecule has 1 heterocycles. The summed E-state index contributed by atoms with van der Waals surface area (Å²) in [5.74, 6) is 0.711. The van der Waals surface area contributed by atoms with E-state index >= 15 is 0 Å². The van der Waals surface area contributed by atoms with Gasteiger partial charge in [-0.25, -0.2) is 0 Å². The van der Waals surface area contributed by atoms with Crippen molar-refractivity contribution in [3.8, 4) is 11.5 Å². The molecule has 1 aliphatic heterocycles. The molecule has 7 rings (SSSR count). The number of phenolic OH excluding ortho intramolecular Hbond substituents is 1. The van der Waals surface area contributed by atoms with Crippen LogP contribution in [0, 0.1) is 0 Å². The van der Waals surface area contributed by atoms with Gasteiger partial charge in [0.1, 0.15) is 42.0 Å². The Balaban J connectivity index is 1.29. The van der Waals surface area contributed by atoms with Crippen molar-refractivity contribution in [3.05, 3.63) is 200 Å². The first-order valence-corrected chi connectivity index (χ1v) is 20.8. The van der Waals surface area contributed by atoms with Crippen molar-refractivity contribution in [1.29, 1.82) is 0 Å². The number of rotatable bonds is 18. The van der Waals surface area contributed by atoms with Crippen molar-refractivity contribution in [2.45, 2.75) is 70.3 Å². The molecule has 0 saturated carbocycles. The highest BCUT2D eigenvalue weighted by atomic mass is 79.9. The van der Waals surface area contributed by atoms with Crippen molar-refractivity contribution in [1.82, 2.24) is 0 Å². The maximum atomic E-state index is 11.6. The molecule has 0 amide bonds. The van der Waals surface area contributed by atoms with Gasteiger partial charge in [-0.2, -0.15) is 0 Å². The molecule has 0 aromatic heterocycles. The van der Waals surface area contributed by atoms with E-state index in [2.05, 4.69) is 15.9 Å². The number of hydrogen-bond acceptors (Lipinski definition) is 7. The Morgan fingerprint density at radius 1 is 0.603 bits per heavy atom. The highest BCUT2D eigenvalue weighted by Crippen LogP contribution is 2.46. The van der Waals surface area contributed by atoms with E-state index < -0.39 is 30.5 Å². The third-order valence-corrected chi connectivity index (χ3v) is 11.4. The summed E-state index contributed by atoms with van der Waals surface area (Å²) in [6.07, 6.45) is -2.85. The van der Waals surface area contributed by atoms with Crippen LogP contribution in [-0.4, -0.2) is 42.7 Å². The van der Waals surface area contributed by atoms with Gasteiger partial charge in [-0.15, -0.1) is 0 Å². The molecule has 9 heteroatoms. The van der Waals surface area contributed by atoms with E-state index in [4.69, 9.17) is 40.0 Å². The van der Waals surface area contributed by atoms with E-state index in [1.807, 2.05) is 159 Å². The Bertz CT molecular complexity index is 2140. The molecule has 0 aliphatic carbocycles. The molecule has 0 unspecified atom stereocenters. The smallest absolute Gasteiger partial charge is 0.149 e. The number of hydrogen-bond donors (Lipinski definition) is 1. The zero-order valence-electron chi connectivity index (χ0n) is 32.4. The lowest BCUT2D eigenvalue weighted by Crippen LogP contribution is -2.58. The van der Waals surface area contributed by atoms with E-state index in [0.29, 0.717) is 42.9 Å². The molecule has 5 atom stereocenters. The average molecular weight is 864 g/mol. The third-order valence-electron chi connectivity index (χ3n) is 10.1. The number of aromatic hydroxyl groups is 1. The van der Waals surface area contributed by atoms with Crippen LogP contribution in [0.3, 0.4) is 0 Å². The van der Waals surface area contributed by atoms with Gasteiger partial charge in [0.05, 0.1) is 49.1 Å². The zero-order valence-corrected chi connectivity index (χ0v) is 34.8. The lowest BCUT2D eigenvalue weighted by Gasteiger charge is -2.46. The Morgan fingerprint density at radius 3 is 1.60 bits per heavy atom. The summed E-state index contributed by atoms with van der Waals surface area (Å²) in [6.45, 7) is 4.05. The van der Waals surface area contributed by atoms with E-state index in [1.165, 1.54) is 0 Å². The monoisotopic (exact) mass is 862 g/mol. The Labute approximate surface area is 354 Å². The predicted octanol–water partition coefficient (Wildman–Crippen LogP) is 11.2. The molecule has 1 N–H and O–H groups in total. The van der Waals surface area contributed by atoms with Gasteiger partial charge in [-0.3, -0.25) is 0 Å². The normalized spacial score (nSPS) is 19.2. The molecule has 1 saturated heterocycles. The molecule has 0 bridgehead atoms. The lowest BCUT2D eigenvalue weighted by atomic mass is 9.89. The zero-order chi connectivity index (χ0) is 40.1. The molecule has 6 aromatic rings. The summed E-state index contributed by atoms with van der Waals surface area (Å²) in [6, 6.07) is 50.1. The van der Waals surface area contributed by atoms with Crippen LogP contribution < -0.4 is 4.74 Å². The first-order valence-electron chi connectivity index (χ1n) is 19.6. The van der Waals surface area contributed by atoms with Gasteiger partial charge >= 0.3 is 0 Å². The van der Waals surface area contributed by atoms with Crippen LogP contribution in [0.15, 0.2) is 156 Å². The van der Waals surface area contributed by atoms with Gasteiger partial charge in [0.2, 0.25) is 0 Å². The minimum absolute atomic E-state index is 0.0772. The van der Waals surface area contributed by atoms with E-state index in [-0.39, 0.29) is 24.0 Å². The van der Waals surface area contributed by atoms with Crippen LogP contribution in [0.4, 0.5) is 0 Å². The highest BCUT2D eigenvalue weighted by Gasteiger charge is 2.50. The molecule has 300 valence electrons. The van der Waals surface area contributed by atoms with E-state index in [1.54, 1.807) is 0 Å². The standard InChI is InChI=1S/C49H48BrClO7/c1-2-54-40-25-23-34(24-26-40)27-39-28-41(43(50)45(52)44(39)51)46-48(56-31-37-19-11-5-12-20-37)49(57-32-38-21-13-6-14-22-38)47(55-30-36-17-9-4-10-18-36)42(58-46)33-53-29-35-15-7-3-8-16-35/h3-26,28,42,46-49,52H,2,27,29-33H2,1H3/t42-,46+,47-,48+,49+/m1/s1. The largest absolute Gasteiger partial charge is 0.505 e. The van der Waals surface area contributed by atoms with Crippen molar-refractivity contribution < 1.29 is 33.5 Å². The van der Waals surface area contributed by atoms with Gasteiger partial charge in [-0.1, -0.05) is 145 Å². The Morgan fingerprint density at radius 2 is 1.09 bits per heavy atom. The molecular formula is C49H48BrClO7. The topological polar surface area (TPSA) is 75.6 Å². The summed E-state index contributed by atoms with van der Waals surface area (Å²) < 4.78 is 40.4. The van der Waals surface area contributed by atoms with Crippen LogP contribution in [0.1, 0.15) is 52.0 Å². The first-order chi connectivity index (χ1) is 28.5. The van der Waals surface area contributed by atoms with E-state index in [0.717, 1.165) is 39.1 Å². The fourth-order valence-electron chi connectivity index (χ4n) is 7.17. The van der Waals surface area contributed by atoms with Gasteiger partial charge in [-0.05, 0) is 80.9 Å². The van der Waals surface area contributed by atoms with Crippen molar-refractivity contribution in [2.75, 3.05) is 13.2 Å². The molecule has 1 aliphatic rings. The second kappa shape index (κ2) is 21.0. The molecule has 0 spiro atoms. The summed E-state index contributed by atoms with van der Waals surface area (Å²) in [5.41, 5.74) is 6.46. The summed E-state index contributed by atoms with van der Waals surface area (Å²) in [5, 5.41) is 11.9. The fraction of sp³-hybridized carbons (Fsp3) is 0.265. The van der Waals surface area contributed by atoms with Crippen LogP contribution in [0.5, 0.6) is 11.5 Å². The second-order valence-electron chi connectivity index (χ2n) is 14.2. The second-order valence-corrected chi connectivity index (χ2v) is 15.4. The minimum Gasteiger partial charge on any atom is -0.505 e. The van der Waals surface area contributed by atoms with Crippen LogP contribution in [0.2, 0.25) is 5.02 Å². The lowest BCUT2D eigenvalue weighted by molar-refractivity contribution is -0.275. The summed E-state index contributed by atoms with van der Waals surface area (Å²) in [7, 11) is 0. The molecular weight excluding hydrogens is 816 g/mol. The average Bonchev–Trinajstić information content (AvgIpc) is 3.27. The van der Waals surface area contributed by atoms with Crippen LogP contribution in [0.25, 0.3) is 0 Å². The third kappa shape index (κ3) is 10.9. The Hall–Kier alpha value is -4.51. The number of ether oxygens (including phenoxy) is 6. The van der Waals surface area contributed by atoms with Crippen molar-refractivity contribution in [3.63, 3.8) is 0 Å². The number of phenols is 1. The van der Waals surface area contributed by atoms with Gasteiger partial charge in [0.25, 0.3) is 0 Å². The predicted molar refractivity (Wildman–Crippen MR) is 230 cm³/mol. The van der Waals surface area contributed by atoms with Gasteiger partial charge in [0, 0.05) is 5.56 Å². The van der Waals surface area contributed by atoms with Crippen molar-refractivity contribution >= 4 is 27.5 Å². The summed E-state index contributed by atoms with van der Waals surface area (Å²) >= 11 is 10.6. The van der Waals surface area contributed by atoms with Crippen LogP contribution in [-0.2, 0) is 56.5 Å².